The Morgan fingerprint density at radius 3 is 2.15 bits per heavy atom. The molecule has 0 radical (unpaired) electrons. The Bertz CT molecular complexity index is 540. The highest BCUT2D eigenvalue weighted by atomic mass is 19.4. The normalized spacial score (nSPS) is 41.0. The molecule has 2 unspecified atom stereocenters. The zero-order chi connectivity index (χ0) is 19.2. The Balaban J connectivity index is 1.41. The van der Waals surface area contributed by atoms with E-state index in [1.165, 1.54) is 0 Å². The van der Waals surface area contributed by atoms with E-state index < -0.39 is 18.0 Å². The third-order valence-corrected chi connectivity index (χ3v) is 7.61. The van der Waals surface area contributed by atoms with Crippen molar-refractivity contribution in [1.29, 1.82) is 0 Å². The van der Waals surface area contributed by atoms with Crippen molar-refractivity contribution in [2.45, 2.75) is 69.7 Å². The first-order valence-corrected chi connectivity index (χ1v) is 10.6. The van der Waals surface area contributed by atoms with Crippen molar-refractivity contribution < 1.29 is 22.7 Å². The first-order chi connectivity index (χ1) is 12.9. The van der Waals surface area contributed by atoms with Gasteiger partial charge in [0.1, 0.15) is 0 Å². The summed E-state index contributed by atoms with van der Waals surface area (Å²) in [4.78, 5) is 14.8. The summed E-state index contributed by atoms with van der Waals surface area (Å²) in [6.07, 6.45) is 2.05. The molecule has 27 heavy (non-hydrogen) atoms. The van der Waals surface area contributed by atoms with Crippen LogP contribution in [0.25, 0.3) is 0 Å². The van der Waals surface area contributed by atoms with Crippen LogP contribution in [0.15, 0.2) is 0 Å². The lowest BCUT2D eigenvalue weighted by Crippen LogP contribution is -2.56. The van der Waals surface area contributed by atoms with E-state index in [0.29, 0.717) is 31.8 Å². The minimum atomic E-state index is -4.27. The van der Waals surface area contributed by atoms with Gasteiger partial charge in [-0.2, -0.15) is 13.2 Å². The van der Waals surface area contributed by atoms with Crippen molar-refractivity contribution in [3.63, 3.8) is 0 Å². The molecule has 2 aliphatic heterocycles. The molecule has 2 saturated heterocycles. The van der Waals surface area contributed by atoms with E-state index in [9.17, 15) is 18.0 Å². The van der Waals surface area contributed by atoms with E-state index in [2.05, 4.69) is 0 Å². The summed E-state index contributed by atoms with van der Waals surface area (Å²) < 4.78 is 47.0. The Labute approximate surface area is 159 Å². The number of halogens is 3. The smallest absolute Gasteiger partial charge is 0.376 e. The first-order valence-electron chi connectivity index (χ1n) is 10.6. The Kier molecular flexibility index (Phi) is 5.45. The standard InChI is InChI=1S/C20H31F3N2O2/c21-20(22,23)17-13-5-3-12(4-6-13)16(17)19(26)25-9-7-14(8-10-25)18-15(24)2-1-11-27-18/h12-18H,1-11,24H2/t12?,13?,15?,16-,17-,18?/m0/s1. The highest BCUT2D eigenvalue weighted by molar-refractivity contribution is 5.80. The van der Waals surface area contributed by atoms with Crippen molar-refractivity contribution in [2.75, 3.05) is 19.7 Å². The van der Waals surface area contributed by atoms with Crippen molar-refractivity contribution >= 4 is 5.91 Å². The third kappa shape index (κ3) is 3.74. The second kappa shape index (κ2) is 7.54. The molecule has 5 aliphatic rings. The van der Waals surface area contributed by atoms with Crippen molar-refractivity contribution in [2.24, 2.45) is 35.3 Å². The van der Waals surface area contributed by atoms with Gasteiger partial charge in [0.15, 0.2) is 0 Å². The lowest BCUT2D eigenvalue weighted by molar-refractivity contribution is -0.231. The number of nitrogens with zero attached hydrogens (tertiary/aromatic N) is 1. The van der Waals surface area contributed by atoms with Gasteiger partial charge in [-0.15, -0.1) is 0 Å². The molecule has 5 rings (SSSR count). The van der Waals surface area contributed by atoms with E-state index in [1.54, 1.807) is 4.90 Å². The monoisotopic (exact) mass is 388 g/mol. The van der Waals surface area contributed by atoms with Gasteiger partial charge in [0.05, 0.1) is 17.9 Å². The molecule has 0 aromatic carbocycles. The molecule has 3 aliphatic carbocycles. The number of ether oxygens (including phenoxy) is 1. The number of hydrogen-bond donors (Lipinski definition) is 1. The molecular formula is C20H31F3N2O2. The molecule has 4 nitrogen and oxygen atoms in total. The van der Waals surface area contributed by atoms with E-state index in [1.807, 2.05) is 0 Å². The van der Waals surface area contributed by atoms with Gasteiger partial charge in [0, 0.05) is 25.7 Å². The largest absolute Gasteiger partial charge is 0.392 e. The number of carbonyl (C=O) groups is 1. The summed E-state index contributed by atoms with van der Waals surface area (Å²) in [6, 6.07) is 0.0368. The maximum Gasteiger partial charge on any atom is 0.392 e. The maximum atomic E-state index is 13.7. The van der Waals surface area contributed by atoms with Crippen LogP contribution in [0.2, 0.25) is 0 Å². The Morgan fingerprint density at radius 1 is 0.926 bits per heavy atom. The number of carbonyl (C=O) groups excluding carboxylic acids is 1. The van der Waals surface area contributed by atoms with E-state index in [0.717, 1.165) is 45.1 Å². The number of likely N-dealkylation sites (tertiary alicyclic amines) is 1. The van der Waals surface area contributed by atoms with Gasteiger partial charge in [0.25, 0.3) is 0 Å². The zero-order valence-corrected chi connectivity index (χ0v) is 15.8. The third-order valence-electron chi connectivity index (χ3n) is 7.61. The van der Waals surface area contributed by atoms with E-state index >= 15 is 0 Å². The fraction of sp³-hybridized carbons (Fsp3) is 0.950. The van der Waals surface area contributed by atoms with E-state index in [-0.39, 0.29) is 29.9 Å². The molecule has 2 N–H and O–H groups in total. The first kappa shape index (κ1) is 19.5. The zero-order valence-electron chi connectivity index (χ0n) is 15.8. The van der Waals surface area contributed by atoms with Crippen LogP contribution in [-0.4, -0.2) is 48.8 Å². The average Bonchev–Trinajstić information content (AvgIpc) is 2.67. The Hall–Kier alpha value is -0.820. The number of fused-ring (bicyclic) bond motifs is 3. The summed E-state index contributed by atoms with van der Waals surface area (Å²) >= 11 is 0. The minimum Gasteiger partial charge on any atom is -0.376 e. The topological polar surface area (TPSA) is 55.6 Å². The van der Waals surface area contributed by atoms with Crippen LogP contribution in [0, 0.1) is 29.6 Å². The molecule has 1 amide bonds. The van der Waals surface area contributed by atoms with Crippen LogP contribution in [0.4, 0.5) is 13.2 Å². The number of alkyl halides is 3. The predicted molar refractivity (Wildman–Crippen MR) is 94.7 cm³/mol. The molecule has 2 heterocycles. The number of nitrogens with two attached hydrogens (primary N) is 1. The quantitative estimate of drug-likeness (QED) is 0.789. The van der Waals surface area contributed by atoms with Gasteiger partial charge in [-0.3, -0.25) is 4.79 Å². The van der Waals surface area contributed by atoms with Crippen LogP contribution < -0.4 is 5.73 Å². The van der Waals surface area contributed by atoms with Crippen LogP contribution in [0.1, 0.15) is 51.4 Å². The van der Waals surface area contributed by atoms with Gasteiger partial charge in [-0.25, -0.2) is 0 Å². The van der Waals surface area contributed by atoms with E-state index in [4.69, 9.17) is 10.5 Å². The SMILES string of the molecule is NC1CCCOC1C1CCN(C(=O)[C@H]2C3CCC(CC3)[C@@H]2C(F)(F)F)CC1. The summed E-state index contributed by atoms with van der Waals surface area (Å²) in [5, 5.41) is 0. The number of amides is 1. The van der Waals surface area contributed by atoms with Gasteiger partial charge in [-0.1, -0.05) is 0 Å². The van der Waals surface area contributed by atoms with Crippen LogP contribution in [0.5, 0.6) is 0 Å². The molecule has 154 valence electrons. The van der Waals surface area contributed by atoms with Gasteiger partial charge < -0.3 is 15.4 Å². The number of hydrogen-bond acceptors (Lipinski definition) is 3. The lowest BCUT2D eigenvalue weighted by Gasteiger charge is -2.50. The second-order valence-electron chi connectivity index (χ2n) is 9.07. The molecule has 4 atom stereocenters. The molecule has 0 aromatic rings. The summed E-state index contributed by atoms with van der Waals surface area (Å²) in [6.45, 7) is 1.80. The maximum absolute atomic E-state index is 13.7. The summed E-state index contributed by atoms with van der Waals surface area (Å²) in [5.41, 5.74) is 6.20. The minimum absolute atomic E-state index is 0.0321. The molecular weight excluding hydrogens is 357 g/mol. The van der Waals surface area contributed by atoms with Crippen molar-refractivity contribution in [1.82, 2.24) is 4.90 Å². The van der Waals surface area contributed by atoms with Crippen molar-refractivity contribution in [3.05, 3.63) is 0 Å². The van der Waals surface area contributed by atoms with Crippen LogP contribution in [0.3, 0.4) is 0 Å². The molecule has 0 spiro atoms. The van der Waals surface area contributed by atoms with Gasteiger partial charge in [0.2, 0.25) is 5.91 Å². The van der Waals surface area contributed by atoms with Crippen LogP contribution >= 0.6 is 0 Å². The summed E-state index contributed by atoms with van der Waals surface area (Å²) in [7, 11) is 0. The highest BCUT2D eigenvalue weighted by Crippen LogP contribution is 2.55. The van der Waals surface area contributed by atoms with Gasteiger partial charge in [-0.05, 0) is 69.1 Å². The average molecular weight is 388 g/mol. The van der Waals surface area contributed by atoms with Gasteiger partial charge >= 0.3 is 6.18 Å². The fourth-order valence-electron chi connectivity index (χ4n) is 6.25. The van der Waals surface area contributed by atoms with Crippen molar-refractivity contribution in [3.8, 4) is 0 Å². The Morgan fingerprint density at radius 2 is 1.56 bits per heavy atom. The fourth-order valence-corrected chi connectivity index (χ4v) is 6.25. The summed E-state index contributed by atoms with van der Waals surface area (Å²) in [5.74, 6) is -2.70. The molecule has 3 saturated carbocycles. The second-order valence-corrected chi connectivity index (χ2v) is 9.07. The highest BCUT2D eigenvalue weighted by Gasteiger charge is 2.58. The molecule has 7 heteroatoms. The van der Waals surface area contributed by atoms with Crippen LogP contribution in [-0.2, 0) is 9.53 Å². The predicted octanol–water partition coefficient (Wildman–Crippen LogP) is 3.35. The number of rotatable bonds is 2. The number of piperidine rings is 1. The molecule has 0 aromatic heterocycles. The lowest BCUT2D eigenvalue weighted by atomic mass is 9.58. The molecule has 5 fully saturated rings. The molecule has 2 bridgehead atoms.